The zero-order chi connectivity index (χ0) is 33.7. The van der Waals surface area contributed by atoms with Crippen LogP contribution in [-0.2, 0) is 32.0 Å². The third-order valence-electron chi connectivity index (χ3n) is 10.6. The van der Waals surface area contributed by atoms with Gasteiger partial charge in [-0.1, -0.05) is 48.0 Å². The molecule has 0 spiro atoms. The average Bonchev–Trinajstić information content (AvgIpc) is 3.47. The number of aromatic hydroxyl groups is 3. The maximum absolute atomic E-state index is 14.2. The van der Waals surface area contributed by atoms with E-state index in [-0.39, 0.29) is 66.1 Å². The number of imide groups is 2. The van der Waals surface area contributed by atoms with Gasteiger partial charge in [0.2, 0.25) is 23.6 Å². The van der Waals surface area contributed by atoms with Gasteiger partial charge in [-0.3, -0.25) is 29.0 Å². The summed E-state index contributed by atoms with van der Waals surface area (Å²) in [5.41, 5.74) is 3.02. The lowest BCUT2D eigenvalue weighted by molar-refractivity contribution is -0.142. The molecule has 2 saturated heterocycles. The monoisotopic (exact) mass is 650 g/mol. The maximum atomic E-state index is 14.2. The molecular weight excluding hydrogens is 612 g/mol. The number of phenols is 3. The number of allylic oxidation sites excluding steroid dienone is 2. The summed E-state index contributed by atoms with van der Waals surface area (Å²) in [4.78, 5) is 58.8. The Morgan fingerprint density at radius 1 is 0.688 bits per heavy atom. The fraction of sp³-hybridized carbons (Fsp3) is 0.368. The lowest BCUT2D eigenvalue weighted by atomic mass is 9.57. The smallest absolute Gasteiger partial charge is 0.234 e. The van der Waals surface area contributed by atoms with Gasteiger partial charge in [-0.25, -0.2) is 0 Å². The predicted molar refractivity (Wildman–Crippen MR) is 174 cm³/mol. The molecule has 3 aromatic rings. The van der Waals surface area contributed by atoms with E-state index in [2.05, 4.69) is 0 Å². The number of likely N-dealkylation sites (tertiary alicyclic amines) is 2. The average molecular weight is 651 g/mol. The fourth-order valence-corrected chi connectivity index (χ4v) is 8.38. The van der Waals surface area contributed by atoms with Crippen LogP contribution in [0.3, 0.4) is 0 Å². The van der Waals surface area contributed by atoms with Gasteiger partial charge in [-0.2, -0.15) is 0 Å². The van der Waals surface area contributed by atoms with Crippen molar-refractivity contribution in [2.24, 2.45) is 29.6 Å². The first kappa shape index (κ1) is 31.5. The zero-order valence-corrected chi connectivity index (χ0v) is 26.6. The summed E-state index contributed by atoms with van der Waals surface area (Å²) in [6.45, 7) is 2.49. The number of phenolic OH excluding ortho intramolecular Hbond substituents is 3. The van der Waals surface area contributed by atoms with Crippen LogP contribution in [0, 0.1) is 29.6 Å². The molecule has 2 aliphatic carbocycles. The number of hydrogen-bond donors (Lipinski definition) is 3. The van der Waals surface area contributed by atoms with Crippen molar-refractivity contribution in [1.29, 1.82) is 0 Å². The third-order valence-corrected chi connectivity index (χ3v) is 10.6. The van der Waals surface area contributed by atoms with Crippen molar-refractivity contribution >= 4 is 23.6 Å². The molecule has 0 bridgehead atoms. The number of fused-ring (bicyclic) bond motifs is 4. The molecule has 10 heteroatoms. The normalized spacial score (nSPS) is 26.3. The Morgan fingerprint density at radius 2 is 1.25 bits per heavy atom. The van der Waals surface area contributed by atoms with E-state index in [1.165, 1.54) is 9.80 Å². The van der Waals surface area contributed by atoms with E-state index in [4.69, 9.17) is 4.74 Å². The highest BCUT2D eigenvalue weighted by molar-refractivity contribution is 6.08. The summed E-state index contributed by atoms with van der Waals surface area (Å²) in [6, 6.07) is 18.5. The van der Waals surface area contributed by atoms with E-state index in [0.717, 1.165) is 16.7 Å². The lowest BCUT2D eigenvalue weighted by Gasteiger charge is -2.44. The Morgan fingerprint density at radius 3 is 1.83 bits per heavy atom. The summed E-state index contributed by atoms with van der Waals surface area (Å²) in [7, 11) is 0. The highest BCUT2D eigenvalue weighted by atomic mass is 16.5. The Hall–Kier alpha value is -5.12. The number of amides is 4. The minimum Gasteiger partial charge on any atom is -0.508 e. The molecule has 7 rings (SSSR count). The number of hydrogen-bond acceptors (Lipinski definition) is 8. The lowest BCUT2D eigenvalue weighted by Crippen LogP contribution is -2.43. The number of benzene rings is 3. The van der Waals surface area contributed by atoms with Crippen LogP contribution in [0.5, 0.6) is 23.0 Å². The minimum atomic E-state index is -0.781. The second-order valence-electron chi connectivity index (χ2n) is 13.1. The molecule has 4 amide bonds. The topological polar surface area (TPSA) is 145 Å². The van der Waals surface area contributed by atoms with Crippen molar-refractivity contribution in [2.45, 2.75) is 38.5 Å². The third kappa shape index (κ3) is 5.29. The van der Waals surface area contributed by atoms with Gasteiger partial charge in [-0.15, -0.1) is 0 Å². The highest BCUT2D eigenvalue weighted by Crippen LogP contribution is 2.59. The number of carbonyl (C=O) groups is 4. The van der Waals surface area contributed by atoms with Crippen LogP contribution in [0.15, 0.2) is 78.4 Å². The van der Waals surface area contributed by atoms with Gasteiger partial charge in [0, 0.05) is 24.6 Å². The van der Waals surface area contributed by atoms with Gasteiger partial charge >= 0.3 is 0 Å². The molecule has 3 aromatic carbocycles. The van der Waals surface area contributed by atoms with Gasteiger partial charge in [0.1, 0.15) is 11.5 Å². The van der Waals surface area contributed by atoms with Gasteiger partial charge in [0.05, 0.1) is 30.3 Å². The van der Waals surface area contributed by atoms with Gasteiger partial charge in [0.25, 0.3) is 0 Å². The van der Waals surface area contributed by atoms with E-state index in [1.807, 2.05) is 13.0 Å². The minimum absolute atomic E-state index is 0.0982. The maximum Gasteiger partial charge on any atom is 0.234 e. The molecular formula is C38H38N2O8. The molecule has 2 heterocycles. The molecule has 3 fully saturated rings. The fourth-order valence-electron chi connectivity index (χ4n) is 8.38. The van der Waals surface area contributed by atoms with Crippen molar-refractivity contribution in [2.75, 3.05) is 19.7 Å². The molecule has 1 saturated carbocycles. The SMILES string of the molecule is CCOc1cccc([C@H]2C3=CC[C@@H]4C(=O)N(CCc5ccc(O)cc5)C(=O)[C@@H]4[C@@H]3C[C@H]3C(=O)N(CCc4ccc(O)cc4)C(=O)[C@@H]23)c1O. The molecule has 0 radical (unpaired) electrons. The Balaban J connectivity index is 1.22. The van der Waals surface area contributed by atoms with E-state index in [1.54, 1.807) is 66.7 Å². The van der Waals surface area contributed by atoms with Crippen molar-refractivity contribution in [3.63, 3.8) is 0 Å². The van der Waals surface area contributed by atoms with Crippen molar-refractivity contribution in [3.05, 3.63) is 95.1 Å². The largest absolute Gasteiger partial charge is 0.508 e. The summed E-state index contributed by atoms with van der Waals surface area (Å²) in [5, 5.41) is 30.8. The summed E-state index contributed by atoms with van der Waals surface area (Å²) < 4.78 is 5.70. The van der Waals surface area contributed by atoms with Crippen LogP contribution >= 0.6 is 0 Å². The standard InChI is InChI=1S/C38H38N2O8/c1-2-48-30-5-3-4-26(34(30)43)31-25-14-15-27-32(37(46)39(35(27)44)18-16-21-6-10-23(41)11-7-21)28(25)20-29-33(31)38(47)40(36(29)45)19-17-22-8-12-24(42)13-9-22/h3-14,27-29,31-33,41-43H,2,15-20H2,1H3/t27-,28+,29+,31+,32-,33+/m0/s1. The first-order valence-corrected chi connectivity index (χ1v) is 16.6. The van der Waals surface area contributed by atoms with E-state index in [0.29, 0.717) is 31.4 Å². The number of carbonyl (C=O) groups excluding carboxylic acids is 4. The van der Waals surface area contributed by atoms with Crippen LogP contribution in [0.25, 0.3) is 0 Å². The molecule has 0 unspecified atom stereocenters. The van der Waals surface area contributed by atoms with Crippen LogP contribution in [0.1, 0.15) is 42.4 Å². The summed E-state index contributed by atoms with van der Waals surface area (Å²) >= 11 is 0. The molecule has 4 aliphatic rings. The van der Waals surface area contributed by atoms with Gasteiger partial charge in [-0.05, 0) is 80.0 Å². The Labute approximate surface area is 278 Å². The summed E-state index contributed by atoms with van der Waals surface area (Å²) in [5.74, 6) is -4.59. The Bertz CT molecular complexity index is 1800. The van der Waals surface area contributed by atoms with E-state index >= 15 is 0 Å². The molecule has 0 aromatic heterocycles. The zero-order valence-electron chi connectivity index (χ0n) is 26.6. The first-order valence-electron chi connectivity index (χ1n) is 16.6. The van der Waals surface area contributed by atoms with Gasteiger partial charge in [0.15, 0.2) is 11.5 Å². The molecule has 248 valence electrons. The second-order valence-corrected chi connectivity index (χ2v) is 13.1. The molecule has 2 aliphatic heterocycles. The van der Waals surface area contributed by atoms with Crippen LogP contribution in [-0.4, -0.2) is 68.4 Å². The van der Waals surface area contributed by atoms with Crippen LogP contribution in [0.4, 0.5) is 0 Å². The number of rotatable bonds is 9. The molecule has 10 nitrogen and oxygen atoms in total. The van der Waals surface area contributed by atoms with Gasteiger partial charge < -0.3 is 20.1 Å². The number of ether oxygens (including phenoxy) is 1. The van der Waals surface area contributed by atoms with Crippen molar-refractivity contribution < 1.29 is 39.2 Å². The van der Waals surface area contributed by atoms with E-state index < -0.39 is 35.5 Å². The molecule has 48 heavy (non-hydrogen) atoms. The first-order chi connectivity index (χ1) is 23.2. The summed E-state index contributed by atoms with van der Waals surface area (Å²) in [6.07, 6.45) is 3.39. The number of nitrogens with zero attached hydrogens (tertiary/aromatic N) is 2. The molecule has 6 atom stereocenters. The second kappa shape index (κ2) is 12.5. The van der Waals surface area contributed by atoms with E-state index in [9.17, 15) is 34.5 Å². The number of para-hydroxylation sites is 1. The van der Waals surface area contributed by atoms with Crippen molar-refractivity contribution in [3.8, 4) is 23.0 Å². The molecule has 3 N–H and O–H groups in total. The van der Waals surface area contributed by atoms with Crippen LogP contribution in [0.2, 0.25) is 0 Å². The van der Waals surface area contributed by atoms with Crippen LogP contribution < -0.4 is 4.74 Å². The Kier molecular flexibility index (Phi) is 8.19. The predicted octanol–water partition coefficient (Wildman–Crippen LogP) is 4.32. The highest BCUT2D eigenvalue weighted by Gasteiger charge is 2.62. The quantitative estimate of drug-likeness (QED) is 0.230. The van der Waals surface area contributed by atoms with Crippen molar-refractivity contribution in [1.82, 2.24) is 9.80 Å².